The lowest BCUT2D eigenvalue weighted by atomic mass is 9.99. The van der Waals surface area contributed by atoms with E-state index < -0.39 is 0 Å². The number of hydrogen-bond donors (Lipinski definition) is 1. The molecule has 5 heteroatoms. The Morgan fingerprint density at radius 1 is 0.931 bits per heavy atom. The molecule has 2 aliphatic rings. The molecule has 4 nitrogen and oxygen atoms in total. The minimum atomic E-state index is 0.161. The molecule has 1 fully saturated rings. The third kappa shape index (κ3) is 3.54. The lowest BCUT2D eigenvalue weighted by Crippen LogP contribution is -2.43. The molecule has 1 N–H and O–H groups in total. The Labute approximate surface area is 175 Å². The van der Waals surface area contributed by atoms with Gasteiger partial charge in [0, 0.05) is 42.8 Å². The minimum Gasteiger partial charge on any atom is -0.506 e. The summed E-state index contributed by atoms with van der Waals surface area (Å²) < 4.78 is 6.06. The van der Waals surface area contributed by atoms with Crippen molar-refractivity contribution in [1.29, 1.82) is 0 Å². The number of anilines is 2. The highest BCUT2D eigenvalue weighted by molar-refractivity contribution is 6.31. The first kappa shape index (κ1) is 18.3. The van der Waals surface area contributed by atoms with Gasteiger partial charge in [-0.1, -0.05) is 54.1 Å². The maximum Gasteiger partial charge on any atom is 0.156 e. The van der Waals surface area contributed by atoms with Crippen molar-refractivity contribution in [3.63, 3.8) is 0 Å². The Hall–Kier alpha value is -2.69. The van der Waals surface area contributed by atoms with Gasteiger partial charge in [0.15, 0.2) is 11.5 Å². The average Bonchev–Trinajstić information content (AvgIpc) is 2.73. The van der Waals surface area contributed by atoms with Crippen LogP contribution >= 0.6 is 11.6 Å². The highest BCUT2D eigenvalue weighted by atomic mass is 35.5. The summed E-state index contributed by atoms with van der Waals surface area (Å²) in [6.07, 6.45) is 2.03. The van der Waals surface area contributed by atoms with Crippen LogP contribution < -0.4 is 9.64 Å². The van der Waals surface area contributed by atoms with Crippen molar-refractivity contribution in [2.24, 2.45) is 0 Å². The molecule has 0 bridgehead atoms. The first-order valence-corrected chi connectivity index (χ1v) is 10.4. The van der Waals surface area contributed by atoms with E-state index in [9.17, 15) is 5.11 Å². The van der Waals surface area contributed by atoms with Crippen molar-refractivity contribution in [2.45, 2.75) is 25.4 Å². The molecule has 0 aromatic heterocycles. The predicted octanol–water partition coefficient (Wildman–Crippen LogP) is 5.95. The van der Waals surface area contributed by atoms with Crippen molar-refractivity contribution in [2.75, 3.05) is 18.0 Å². The number of rotatable bonds is 3. The van der Waals surface area contributed by atoms with Crippen molar-refractivity contribution < 1.29 is 9.84 Å². The van der Waals surface area contributed by atoms with E-state index in [0.29, 0.717) is 10.8 Å². The summed E-state index contributed by atoms with van der Waals surface area (Å²) in [7, 11) is 0. The molecular formula is C24H23ClN2O2. The summed E-state index contributed by atoms with van der Waals surface area (Å²) >= 11 is 6.17. The second-order valence-electron chi connectivity index (χ2n) is 7.70. The molecule has 1 saturated heterocycles. The van der Waals surface area contributed by atoms with Gasteiger partial charge in [-0.2, -0.15) is 0 Å². The minimum absolute atomic E-state index is 0.161. The standard InChI is InChI=1S/C24H23ClN2O2/c25-18-14-21(28)24-23(15-18)29-22-9-5-4-8-20(22)27(24)19-10-12-26(13-11-19)16-17-6-2-1-3-7-17/h1-9,14-15,19,28H,10-13,16H2. The molecular weight excluding hydrogens is 384 g/mol. The number of para-hydroxylation sites is 2. The van der Waals surface area contributed by atoms with Crippen molar-refractivity contribution in [1.82, 2.24) is 4.90 Å². The highest BCUT2D eigenvalue weighted by Crippen LogP contribution is 2.53. The fraction of sp³-hybridized carbons (Fsp3) is 0.250. The van der Waals surface area contributed by atoms with Crippen LogP contribution in [-0.4, -0.2) is 29.1 Å². The maximum atomic E-state index is 10.7. The number of piperidine rings is 1. The Balaban J connectivity index is 1.42. The Morgan fingerprint density at radius 2 is 1.66 bits per heavy atom. The normalized spacial score (nSPS) is 16.8. The second-order valence-corrected chi connectivity index (χ2v) is 8.14. The van der Waals surface area contributed by atoms with Gasteiger partial charge in [0.25, 0.3) is 0 Å². The smallest absolute Gasteiger partial charge is 0.156 e. The van der Waals surface area contributed by atoms with Crippen LogP contribution in [-0.2, 0) is 6.54 Å². The van der Waals surface area contributed by atoms with Gasteiger partial charge in [-0.15, -0.1) is 0 Å². The quantitative estimate of drug-likeness (QED) is 0.582. The van der Waals surface area contributed by atoms with Crippen LogP contribution in [0.15, 0.2) is 66.7 Å². The van der Waals surface area contributed by atoms with E-state index in [1.165, 1.54) is 5.56 Å². The van der Waals surface area contributed by atoms with Crippen LogP contribution in [0.5, 0.6) is 17.2 Å². The molecule has 3 aromatic rings. The molecule has 3 aromatic carbocycles. The number of nitrogens with zero attached hydrogens (tertiary/aromatic N) is 2. The molecule has 0 spiro atoms. The van der Waals surface area contributed by atoms with Crippen LogP contribution in [0.2, 0.25) is 5.02 Å². The van der Waals surface area contributed by atoms with E-state index in [-0.39, 0.29) is 11.8 Å². The van der Waals surface area contributed by atoms with Gasteiger partial charge in [0.05, 0.1) is 5.69 Å². The monoisotopic (exact) mass is 406 g/mol. The second kappa shape index (κ2) is 7.62. The third-order valence-electron chi connectivity index (χ3n) is 5.78. The molecule has 5 rings (SSSR count). The number of phenols is 1. The number of benzene rings is 3. The van der Waals surface area contributed by atoms with Gasteiger partial charge >= 0.3 is 0 Å². The number of aromatic hydroxyl groups is 1. The Kier molecular flexibility index (Phi) is 4.82. The van der Waals surface area contributed by atoms with Gasteiger partial charge in [-0.25, -0.2) is 0 Å². The molecule has 0 radical (unpaired) electrons. The number of ether oxygens (including phenoxy) is 1. The van der Waals surface area contributed by atoms with E-state index >= 15 is 0 Å². The van der Waals surface area contributed by atoms with Crippen LogP contribution in [0.25, 0.3) is 0 Å². The zero-order valence-corrected chi connectivity index (χ0v) is 16.8. The topological polar surface area (TPSA) is 35.9 Å². The lowest BCUT2D eigenvalue weighted by molar-refractivity contribution is 0.204. The first-order valence-electron chi connectivity index (χ1n) is 10.0. The molecule has 0 unspecified atom stereocenters. The number of hydrogen-bond acceptors (Lipinski definition) is 4. The molecule has 0 atom stereocenters. The fourth-order valence-electron chi connectivity index (χ4n) is 4.42. The molecule has 2 heterocycles. The fourth-order valence-corrected chi connectivity index (χ4v) is 4.62. The summed E-state index contributed by atoms with van der Waals surface area (Å²) in [4.78, 5) is 4.75. The van der Waals surface area contributed by atoms with E-state index in [2.05, 4.69) is 46.2 Å². The van der Waals surface area contributed by atoms with E-state index in [1.807, 2.05) is 18.2 Å². The van der Waals surface area contributed by atoms with Crippen LogP contribution in [0.4, 0.5) is 11.4 Å². The third-order valence-corrected chi connectivity index (χ3v) is 5.99. The number of fused-ring (bicyclic) bond motifs is 2. The van der Waals surface area contributed by atoms with Crippen LogP contribution in [0, 0.1) is 0 Å². The molecule has 0 aliphatic carbocycles. The summed E-state index contributed by atoms with van der Waals surface area (Å²) in [6, 6.07) is 22.3. The number of phenolic OH excluding ortho intramolecular Hbond substituents is 1. The summed E-state index contributed by atoms with van der Waals surface area (Å²) in [5.41, 5.74) is 3.06. The zero-order chi connectivity index (χ0) is 19.8. The molecule has 0 saturated carbocycles. The molecule has 0 amide bonds. The highest BCUT2D eigenvalue weighted by Gasteiger charge is 2.34. The van der Waals surface area contributed by atoms with Gasteiger partial charge < -0.3 is 14.7 Å². The Bertz CT molecular complexity index is 1020. The van der Waals surface area contributed by atoms with Crippen LogP contribution in [0.3, 0.4) is 0 Å². The Morgan fingerprint density at radius 3 is 2.45 bits per heavy atom. The first-order chi connectivity index (χ1) is 14.2. The van der Waals surface area contributed by atoms with Crippen molar-refractivity contribution in [3.05, 3.63) is 77.3 Å². The van der Waals surface area contributed by atoms with E-state index in [4.69, 9.17) is 16.3 Å². The van der Waals surface area contributed by atoms with E-state index in [1.54, 1.807) is 12.1 Å². The number of halogens is 1. The van der Waals surface area contributed by atoms with Gasteiger partial charge in [0.2, 0.25) is 0 Å². The van der Waals surface area contributed by atoms with E-state index in [0.717, 1.165) is 49.6 Å². The zero-order valence-electron chi connectivity index (χ0n) is 16.1. The SMILES string of the molecule is Oc1cc(Cl)cc2c1N(C1CCN(Cc3ccccc3)CC1)c1ccccc1O2. The summed E-state index contributed by atoms with van der Waals surface area (Å²) in [5.74, 6) is 1.57. The van der Waals surface area contributed by atoms with Crippen LogP contribution in [0.1, 0.15) is 18.4 Å². The van der Waals surface area contributed by atoms with Gasteiger partial charge in [0.1, 0.15) is 11.4 Å². The predicted molar refractivity (Wildman–Crippen MR) is 117 cm³/mol. The molecule has 2 aliphatic heterocycles. The average molecular weight is 407 g/mol. The van der Waals surface area contributed by atoms with Crippen molar-refractivity contribution in [3.8, 4) is 17.2 Å². The maximum absolute atomic E-state index is 10.7. The number of likely N-dealkylation sites (tertiary alicyclic amines) is 1. The summed E-state index contributed by atoms with van der Waals surface area (Å²) in [6.45, 7) is 3.01. The summed E-state index contributed by atoms with van der Waals surface area (Å²) in [5, 5.41) is 11.2. The van der Waals surface area contributed by atoms with Gasteiger partial charge in [-0.05, 0) is 30.5 Å². The molecule has 148 valence electrons. The van der Waals surface area contributed by atoms with Crippen molar-refractivity contribution >= 4 is 23.0 Å². The molecule has 29 heavy (non-hydrogen) atoms. The lowest BCUT2D eigenvalue weighted by Gasteiger charge is -2.42. The largest absolute Gasteiger partial charge is 0.506 e. The van der Waals surface area contributed by atoms with Gasteiger partial charge in [-0.3, -0.25) is 4.90 Å².